The number of piperidine rings is 1. The number of aromatic nitrogens is 2. The SMILES string of the molecule is CCOC(=O)C1CCCN(C(=O)CC(c2cccc(C(F)(F)F)c2)c2cnc3cccc(C)n23)C1. The molecule has 0 radical (unpaired) electrons. The van der Waals surface area contributed by atoms with Gasteiger partial charge in [-0.15, -0.1) is 0 Å². The maximum Gasteiger partial charge on any atom is 0.416 e. The van der Waals surface area contributed by atoms with Crippen LogP contribution in [0.3, 0.4) is 0 Å². The number of imidazole rings is 1. The van der Waals surface area contributed by atoms with Crippen LogP contribution in [0.4, 0.5) is 13.2 Å². The first-order valence-corrected chi connectivity index (χ1v) is 11.7. The van der Waals surface area contributed by atoms with Crippen molar-refractivity contribution in [2.45, 2.75) is 45.2 Å². The lowest BCUT2D eigenvalue weighted by molar-refractivity contribution is -0.151. The Balaban J connectivity index is 1.69. The van der Waals surface area contributed by atoms with Crippen molar-refractivity contribution in [1.29, 1.82) is 0 Å². The topological polar surface area (TPSA) is 63.9 Å². The molecular formula is C26H28F3N3O3. The van der Waals surface area contributed by atoms with Gasteiger partial charge in [-0.3, -0.25) is 9.59 Å². The van der Waals surface area contributed by atoms with Gasteiger partial charge in [0, 0.05) is 37.3 Å². The molecule has 186 valence electrons. The molecule has 1 amide bonds. The molecule has 1 saturated heterocycles. The Kier molecular flexibility index (Phi) is 7.14. The fourth-order valence-corrected chi connectivity index (χ4v) is 4.76. The number of amides is 1. The molecule has 1 aliphatic heterocycles. The number of rotatable bonds is 6. The Hall–Kier alpha value is -3.36. The van der Waals surface area contributed by atoms with Crippen LogP contribution in [-0.4, -0.2) is 45.9 Å². The average molecular weight is 488 g/mol. The summed E-state index contributed by atoms with van der Waals surface area (Å²) in [5.41, 5.74) is 1.78. The van der Waals surface area contributed by atoms with Crippen LogP contribution in [0.1, 0.15) is 54.6 Å². The summed E-state index contributed by atoms with van der Waals surface area (Å²) in [4.78, 5) is 31.7. The first-order valence-electron chi connectivity index (χ1n) is 11.7. The summed E-state index contributed by atoms with van der Waals surface area (Å²) in [7, 11) is 0. The van der Waals surface area contributed by atoms with Crippen molar-refractivity contribution in [2.75, 3.05) is 19.7 Å². The molecule has 3 heterocycles. The van der Waals surface area contributed by atoms with Crippen molar-refractivity contribution in [3.05, 3.63) is 71.2 Å². The number of carbonyl (C=O) groups excluding carboxylic acids is 2. The van der Waals surface area contributed by atoms with Crippen molar-refractivity contribution in [3.63, 3.8) is 0 Å². The summed E-state index contributed by atoms with van der Waals surface area (Å²) in [6.45, 7) is 4.64. The van der Waals surface area contributed by atoms with Gasteiger partial charge in [0.25, 0.3) is 0 Å². The molecule has 0 spiro atoms. The van der Waals surface area contributed by atoms with Gasteiger partial charge in [-0.2, -0.15) is 13.2 Å². The second-order valence-electron chi connectivity index (χ2n) is 8.85. The molecule has 2 atom stereocenters. The van der Waals surface area contributed by atoms with Crippen LogP contribution in [0, 0.1) is 12.8 Å². The zero-order chi connectivity index (χ0) is 25.2. The second kappa shape index (κ2) is 10.1. The number of hydrogen-bond donors (Lipinski definition) is 0. The number of likely N-dealkylation sites (tertiary alicyclic amines) is 1. The third-order valence-corrected chi connectivity index (χ3v) is 6.50. The molecule has 2 aromatic heterocycles. The minimum absolute atomic E-state index is 0.0427. The van der Waals surface area contributed by atoms with E-state index in [1.807, 2.05) is 29.5 Å². The van der Waals surface area contributed by atoms with Crippen LogP contribution < -0.4 is 0 Å². The Morgan fingerprint density at radius 1 is 1.20 bits per heavy atom. The van der Waals surface area contributed by atoms with Gasteiger partial charge in [-0.05, 0) is 50.5 Å². The lowest BCUT2D eigenvalue weighted by atomic mass is 9.90. The van der Waals surface area contributed by atoms with Gasteiger partial charge in [0.05, 0.1) is 23.8 Å². The summed E-state index contributed by atoms with van der Waals surface area (Å²) in [5.74, 6) is -1.58. The number of benzene rings is 1. The average Bonchev–Trinajstić information content (AvgIpc) is 3.27. The summed E-state index contributed by atoms with van der Waals surface area (Å²) < 4.78 is 47.5. The molecule has 9 heteroatoms. The number of ether oxygens (including phenoxy) is 1. The van der Waals surface area contributed by atoms with Gasteiger partial charge in [0.1, 0.15) is 5.65 Å². The van der Waals surface area contributed by atoms with Crippen LogP contribution in [0.15, 0.2) is 48.7 Å². The van der Waals surface area contributed by atoms with Gasteiger partial charge in [0.2, 0.25) is 5.91 Å². The van der Waals surface area contributed by atoms with E-state index in [2.05, 4.69) is 4.98 Å². The molecule has 0 N–H and O–H groups in total. The Bertz CT molecular complexity index is 1220. The van der Waals surface area contributed by atoms with Crippen molar-refractivity contribution < 1.29 is 27.5 Å². The fourth-order valence-electron chi connectivity index (χ4n) is 4.76. The zero-order valence-electron chi connectivity index (χ0n) is 19.7. The Morgan fingerprint density at radius 2 is 1.97 bits per heavy atom. The molecule has 0 saturated carbocycles. The van der Waals surface area contributed by atoms with Gasteiger partial charge in [0.15, 0.2) is 0 Å². The van der Waals surface area contributed by atoms with Crippen molar-refractivity contribution >= 4 is 17.5 Å². The number of hydrogen-bond acceptors (Lipinski definition) is 4. The molecule has 0 aliphatic carbocycles. The fraction of sp³-hybridized carbons (Fsp3) is 0.423. The first kappa shape index (κ1) is 24.8. The van der Waals surface area contributed by atoms with Crippen LogP contribution in [-0.2, 0) is 20.5 Å². The van der Waals surface area contributed by atoms with Crippen LogP contribution in [0.5, 0.6) is 0 Å². The number of nitrogens with zero attached hydrogens (tertiary/aromatic N) is 3. The summed E-state index contributed by atoms with van der Waals surface area (Å²) in [5, 5.41) is 0. The van der Waals surface area contributed by atoms with Crippen LogP contribution in [0.25, 0.3) is 5.65 Å². The van der Waals surface area contributed by atoms with Crippen molar-refractivity contribution in [1.82, 2.24) is 14.3 Å². The van der Waals surface area contributed by atoms with Gasteiger partial charge < -0.3 is 14.0 Å². The third kappa shape index (κ3) is 5.33. The smallest absolute Gasteiger partial charge is 0.416 e. The summed E-state index contributed by atoms with van der Waals surface area (Å²) >= 11 is 0. The number of carbonyl (C=O) groups is 2. The number of halogens is 3. The quantitative estimate of drug-likeness (QED) is 0.460. The standard InChI is InChI=1S/C26H28F3N3O3/c1-3-35-25(34)19-9-6-12-31(16-19)24(33)14-21(18-8-5-10-20(13-18)26(27,28)29)22-15-30-23-11-4-7-17(2)32(22)23/h4-5,7-8,10-11,13,15,19,21H,3,6,9,12,14,16H2,1-2H3. The Morgan fingerprint density at radius 3 is 2.71 bits per heavy atom. The zero-order valence-corrected chi connectivity index (χ0v) is 19.7. The molecule has 1 aromatic carbocycles. The van der Waals surface area contributed by atoms with Crippen LogP contribution >= 0.6 is 0 Å². The first-order chi connectivity index (χ1) is 16.7. The Labute approximate surface area is 201 Å². The lowest BCUT2D eigenvalue weighted by Crippen LogP contribution is -2.43. The maximum absolute atomic E-state index is 13.5. The molecule has 6 nitrogen and oxygen atoms in total. The van der Waals surface area contributed by atoms with E-state index in [0.717, 1.165) is 17.8 Å². The normalized spacial score (nSPS) is 17.4. The van der Waals surface area contributed by atoms with Gasteiger partial charge in [-0.1, -0.05) is 24.3 Å². The molecule has 1 fully saturated rings. The predicted molar refractivity (Wildman–Crippen MR) is 124 cm³/mol. The van der Waals surface area contributed by atoms with E-state index in [0.29, 0.717) is 36.3 Å². The minimum atomic E-state index is -4.50. The number of aryl methyl sites for hydroxylation is 1. The van der Waals surface area contributed by atoms with Crippen LogP contribution in [0.2, 0.25) is 0 Å². The highest BCUT2D eigenvalue weighted by atomic mass is 19.4. The van der Waals surface area contributed by atoms with Crippen molar-refractivity contribution in [2.24, 2.45) is 5.92 Å². The van der Waals surface area contributed by atoms with Crippen molar-refractivity contribution in [3.8, 4) is 0 Å². The van der Waals surface area contributed by atoms with E-state index in [4.69, 9.17) is 4.74 Å². The maximum atomic E-state index is 13.5. The largest absolute Gasteiger partial charge is 0.466 e. The molecule has 4 rings (SSSR count). The molecule has 3 aromatic rings. The minimum Gasteiger partial charge on any atom is -0.466 e. The van der Waals surface area contributed by atoms with E-state index in [-0.39, 0.29) is 31.4 Å². The molecule has 1 aliphatic rings. The lowest BCUT2D eigenvalue weighted by Gasteiger charge is -2.32. The van der Waals surface area contributed by atoms with E-state index in [9.17, 15) is 22.8 Å². The third-order valence-electron chi connectivity index (χ3n) is 6.50. The summed E-state index contributed by atoms with van der Waals surface area (Å²) in [6, 6.07) is 10.7. The second-order valence-corrected chi connectivity index (χ2v) is 8.85. The van der Waals surface area contributed by atoms with E-state index >= 15 is 0 Å². The highest BCUT2D eigenvalue weighted by Gasteiger charge is 2.34. The van der Waals surface area contributed by atoms with E-state index in [1.165, 1.54) is 6.07 Å². The highest BCUT2D eigenvalue weighted by molar-refractivity contribution is 5.79. The molecular weight excluding hydrogens is 459 g/mol. The van der Waals surface area contributed by atoms with E-state index < -0.39 is 23.6 Å². The molecule has 0 bridgehead atoms. The monoisotopic (exact) mass is 487 g/mol. The number of fused-ring (bicyclic) bond motifs is 1. The molecule has 35 heavy (non-hydrogen) atoms. The number of pyridine rings is 1. The predicted octanol–water partition coefficient (Wildman–Crippen LogP) is 4.99. The molecule has 2 unspecified atom stereocenters. The number of esters is 1. The summed E-state index contributed by atoms with van der Waals surface area (Å²) in [6.07, 6.45) is -1.61. The van der Waals surface area contributed by atoms with Gasteiger partial charge >= 0.3 is 12.1 Å². The van der Waals surface area contributed by atoms with Gasteiger partial charge in [-0.25, -0.2) is 4.98 Å². The van der Waals surface area contributed by atoms with E-state index in [1.54, 1.807) is 24.1 Å². The number of alkyl halides is 3. The highest BCUT2D eigenvalue weighted by Crippen LogP contribution is 2.35.